The summed E-state index contributed by atoms with van der Waals surface area (Å²) < 4.78 is 15.0. The molecule has 2 heterocycles. The number of benzene rings is 1. The number of tetrazole rings is 1. The quantitative estimate of drug-likeness (QED) is 0.821. The summed E-state index contributed by atoms with van der Waals surface area (Å²) in [6, 6.07) is 6.20. The van der Waals surface area contributed by atoms with Gasteiger partial charge < -0.3 is 4.90 Å². The molecule has 1 saturated heterocycles. The molecule has 0 spiro atoms. The summed E-state index contributed by atoms with van der Waals surface area (Å²) >= 11 is 0. The Labute approximate surface area is 146 Å². The van der Waals surface area contributed by atoms with E-state index in [1.807, 2.05) is 4.90 Å². The fourth-order valence-corrected chi connectivity index (χ4v) is 2.95. The van der Waals surface area contributed by atoms with Gasteiger partial charge in [0.05, 0.1) is 12.2 Å². The molecule has 0 N–H and O–H groups in total. The Hall–Kier alpha value is -2.35. The zero-order chi connectivity index (χ0) is 17.8. The van der Waals surface area contributed by atoms with E-state index in [1.165, 1.54) is 12.1 Å². The highest BCUT2D eigenvalue weighted by Gasteiger charge is 2.23. The highest BCUT2D eigenvalue weighted by Crippen LogP contribution is 2.13. The maximum Gasteiger partial charge on any atom is 0.222 e. The largest absolute Gasteiger partial charge is 0.340 e. The van der Waals surface area contributed by atoms with Crippen LogP contribution in [0.4, 0.5) is 4.39 Å². The van der Waals surface area contributed by atoms with Crippen LogP contribution in [0, 0.1) is 11.7 Å². The number of hydrogen-bond acceptors (Lipinski definition) is 5. The minimum absolute atomic E-state index is 0.222. The van der Waals surface area contributed by atoms with Crippen LogP contribution in [0.3, 0.4) is 0 Å². The van der Waals surface area contributed by atoms with Gasteiger partial charge in [-0.25, -0.2) is 4.39 Å². The molecule has 8 heteroatoms. The van der Waals surface area contributed by atoms with E-state index in [9.17, 15) is 9.18 Å². The Bertz CT molecular complexity index is 723. The second kappa shape index (κ2) is 7.69. The summed E-state index contributed by atoms with van der Waals surface area (Å²) in [4.78, 5) is 16.3. The molecule has 1 amide bonds. The van der Waals surface area contributed by atoms with Crippen molar-refractivity contribution < 1.29 is 9.18 Å². The number of nitrogens with zero attached hydrogens (tertiary/aromatic N) is 6. The van der Waals surface area contributed by atoms with Gasteiger partial charge in [0.1, 0.15) is 5.82 Å². The predicted molar refractivity (Wildman–Crippen MR) is 90.4 cm³/mol. The van der Waals surface area contributed by atoms with E-state index in [0.29, 0.717) is 43.5 Å². The third kappa shape index (κ3) is 4.39. The van der Waals surface area contributed by atoms with E-state index in [2.05, 4.69) is 34.3 Å². The molecular formula is C17H23FN6O. The van der Waals surface area contributed by atoms with Crippen molar-refractivity contribution in [3.05, 3.63) is 35.9 Å². The van der Waals surface area contributed by atoms with Gasteiger partial charge in [-0.2, -0.15) is 4.68 Å². The van der Waals surface area contributed by atoms with Gasteiger partial charge >= 0.3 is 0 Å². The Balaban J connectivity index is 1.60. The summed E-state index contributed by atoms with van der Waals surface area (Å²) in [5.41, 5.74) is 0.603. The first-order valence-corrected chi connectivity index (χ1v) is 8.56. The highest BCUT2D eigenvalue weighted by molar-refractivity contribution is 5.76. The fraction of sp³-hybridized carbons (Fsp3) is 0.529. The first kappa shape index (κ1) is 17.5. The molecule has 0 bridgehead atoms. The zero-order valence-corrected chi connectivity index (χ0v) is 14.6. The molecule has 0 unspecified atom stereocenters. The molecule has 7 nitrogen and oxygen atoms in total. The Morgan fingerprint density at radius 2 is 2.00 bits per heavy atom. The number of hydrogen-bond donors (Lipinski definition) is 0. The first-order valence-electron chi connectivity index (χ1n) is 8.56. The summed E-state index contributed by atoms with van der Waals surface area (Å²) in [6.45, 7) is 7.66. The highest BCUT2D eigenvalue weighted by atomic mass is 19.1. The fourth-order valence-electron chi connectivity index (χ4n) is 2.95. The number of carbonyl (C=O) groups excluding carboxylic acids is 1. The van der Waals surface area contributed by atoms with Crippen LogP contribution < -0.4 is 0 Å². The van der Waals surface area contributed by atoms with E-state index in [0.717, 1.165) is 13.1 Å². The summed E-state index contributed by atoms with van der Waals surface area (Å²) in [6.07, 6.45) is 0.595. The minimum Gasteiger partial charge on any atom is -0.340 e. The third-order valence-electron chi connectivity index (χ3n) is 4.26. The second-order valence-electron chi connectivity index (χ2n) is 6.74. The number of aromatic nitrogens is 4. The second-order valence-corrected chi connectivity index (χ2v) is 6.74. The number of rotatable bonds is 5. The van der Waals surface area contributed by atoms with Gasteiger partial charge in [-0.05, 0) is 34.5 Å². The van der Waals surface area contributed by atoms with Gasteiger partial charge in [0, 0.05) is 32.6 Å². The van der Waals surface area contributed by atoms with Gasteiger partial charge in [0.2, 0.25) is 5.91 Å². The molecule has 1 aliphatic rings. The predicted octanol–water partition coefficient (Wildman–Crippen LogP) is 1.49. The first-order chi connectivity index (χ1) is 12.0. The molecular weight excluding hydrogens is 323 g/mol. The molecule has 25 heavy (non-hydrogen) atoms. The SMILES string of the molecule is CC(C)CC(=O)N1CCN(Cc2nnnn2-c2cccc(F)c2)CC1. The molecule has 0 saturated carbocycles. The van der Waals surface area contributed by atoms with Crippen LogP contribution in [0.25, 0.3) is 5.69 Å². The van der Waals surface area contributed by atoms with Crippen molar-refractivity contribution in [2.75, 3.05) is 26.2 Å². The van der Waals surface area contributed by atoms with Crippen LogP contribution in [-0.2, 0) is 11.3 Å². The van der Waals surface area contributed by atoms with Gasteiger partial charge in [-0.1, -0.05) is 19.9 Å². The molecule has 1 aromatic carbocycles. The van der Waals surface area contributed by atoms with Gasteiger partial charge in [-0.3, -0.25) is 9.69 Å². The summed E-state index contributed by atoms with van der Waals surface area (Å²) in [5, 5.41) is 11.8. The van der Waals surface area contributed by atoms with Crippen molar-refractivity contribution >= 4 is 5.91 Å². The van der Waals surface area contributed by atoms with Gasteiger partial charge in [0.25, 0.3) is 0 Å². The Kier molecular flexibility index (Phi) is 5.37. The topological polar surface area (TPSA) is 67.2 Å². The maximum atomic E-state index is 13.4. The zero-order valence-electron chi connectivity index (χ0n) is 14.6. The average Bonchev–Trinajstić information content (AvgIpc) is 3.03. The van der Waals surface area contributed by atoms with Crippen molar-refractivity contribution in [3.8, 4) is 5.69 Å². The van der Waals surface area contributed by atoms with Crippen molar-refractivity contribution in [2.45, 2.75) is 26.8 Å². The minimum atomic E-state index is -0.323. The van der Waals surface area contributed by atoms with Gasteiger partial charge in [0.15, 0.2) is 5.82 Å². The number of carbonyl (C=O) groups is 1. The molecule has 3 rings (SSSR count). The molecule has 1 fully saturated rings. The van der Waals surface area contributed by atoms with Crippen LogP contribution >= 0.6 is 0 Å². The third-order valence-corrected chi connectivity index (χ3v) is 4.26. The van der Waals surface area contributed by atoms with E-state index >= 15 is 0 Å². The molecule has 134 valence electrons. The van der Waals surface area contributed by atoms with Crippen LogP contribution in [0.5, 0.6) is 0 Å². The monoisotopic (exact) mass is 346 g/mol. The molecule has 0 atom stereocenters. The van der Waals surface area contributed by atoms with Crippen LogP contribution in [0.2, 0.25) is 0 Å². The Morgan fingerprint density at radius 1 is 1.24 bits per heavy atom. The molecule has 1 aromatic heterocycles. The van der Waals surface area contributed by atoms with Gasteiger partial charge in [-0.15, -0.1) is 5.10 Å². The van der Waals surface area contributed by atoms with Crippen molar-refractivity contribution in [1.82, 2.24) is 30.0 Å². The smallest absolute Gasteiger partial charge is 0.222 e. The lowest BCUT2D eigenvalue weighted by atomic mass is 10.1. The summed E-state index contributed by atoms with van der Waals surface area (Å²) in [7, 11) is 0. The van der Waals surface area contributed by atoms with Crippen molar-refractivity contribution in [3.63, 3.8) is 0 Å². The van der Waals surface area contributed by atoms with E-state index in [1.54, 1.807) is 16.8 Å². The van der Waals surface area contributed by atoms with Crippen molar-refractivity contribution in [2.24, 2.45) is 5.92 Å². The standard InChI is InChI=1S/C17H23FN6O/c1-13(2)10-17(25)23-8-6-22(7-9-23)12-16-19-20-21-24(16)15-5-3-4-14(18)11-15/h3-5,11,13H,6-10,12H2,1-2H3. The van der Waals surface area contributed by atoms with Crippen molar-refractivity contribution in [1.29, 1.82) is 0 Å². The lowest BCUT2D eigenvalue weighted by molar-refractivity contribution is -0.133. The number of halogens is 1. The van der Waals surface area contributed by atoms with E-state index in [4.69, 9.17) is 0 Å². The lowest BCUT2D eigenvalue weighted by Gasteiger charge is -2.34. The normalized spacial score (nSPS) is 15.8. The van der Waals surface area contributed by atoms with E-state index in [-0.39, 0.29) is 11.7 Å². The molecule has 1 aliphatic heterocycles. The Morgan fingerprint density at radius 3 is 2.68 bits per heavy atom. The maximum absolute atomic E-state index is 13.4. The van der Waals surface area contributed by atoms with Crippen LogP contribution in [0.15, 0.2) is 24.3 Å². The molecule has 2 aromatic rings. The van der Waals surface area contributed by atoms with E-state index < -0.39 is 0 Å². The molecule has 0 radical (unpaired) electrons. The number of piperazine rings is 1. The van der Waals surface area contributed by atoms with Crippen LogP contribution in [0.1, 0.15) is 26.1 Å². The summed E-state index contributed by atoms with van der Waals surface area (Å²) in [5.74, 6) is 0.935. The average molecular weight is 346 g/mol. The van der Waals surface area contributed by atoms with Crippen LogP contribution in [-0.4, -0.2) is 62.1 Å². The number of amides is 1. The lowest BCUT2D eigenvalue weighted by Crippen LogP contribution is -2.48. The molecule has 0 aliphatic carbocycles.